The molecule has 1 aromatic carbocycles. The van der Waals surface area contributed by atoms with Crippen molar-refractivity contribution in [1.82, 2.24) is 5.32 Å². The lowest BCUT2D eigenvalue weighted by atomic mass is 9.81. The van der Waals surface area contributed by atoms with Crippen LogP contribution in [0.2, 0.25) is 0 Å². The SMILES string of the molecule is CCOC(=O)c1c(NC(=O)c2ccc(OC)c(OC)c2)sc2c1CC(C)(C)NC2(C)C. The third-order valence-electron chi connectivity index (χ3n) is 5.20. The predicted octanol–water partition coefficient (Wildman–Crippen LogP) is 4.35. The van der Waals surface area contributed by atoms with Gasteiger partial charge in [-0.3, -0.25) is 4.79 Å². The van der Waals surface area contributed by atoms with Crippen molar-refractivity contribution in [1.29, 1.82) is 0 Å². The summed E-state index contributed by atoms with van der Waals surface area (Å²) in [6.45, 7) is 10.4. The topological polar surface area (TPSA) is 85.9 Å². The Labute approximate surface area is 187 Å². The smallest absolute Gasteiger partial charge is 0.341 e. The molecule has 1 aromatic heterocycles. The lowest BCUT2D eigenvalue weighted by molar-refractivity contribution is 0.0525. The summed E-state index contributed by atoms with van der Waals surface area (Å²) >= 11 is 1.41. The van der Waals surface area contributed by atoms with Crippen LogP contribution in [0.5, 0.6) is 11.5 Å². The molecule has 8 heteroatoms. The first kappa shape index (κ1) is 23.1. The number of methoxy groups -OCH3 is 2. The average Bonchev–Trinajstić information content (AvgIpc) is 3.04. The molecule has 1 aliphatic rings. The van der Waals surface area contributed by atoms with E-state index in [4.69, 9.17) is 14.2 Å². The van der Waals surface area contributed by atoms with Crippen molar-refractivity contribution < 1.29 is 23.8 Å². The van der Waals surface area contributed by atoms with E-state index in [0.717, 1.165) is 10.4 Å². The fourth-order valence-electron chi connectivity index (χ4n) is 4.19. The second-order valence-electron chi connectivity index (χ2n) is 8.67. The Balaban J connectivity index is 2.04. The average molecular weight is 447 g/mol. The zero-order valence-corrected chi connectivity index (χ0v) is 19.9. The quantitative estimate of drug-likeness (QED) is 0.642. The molecule has 0 radical (unpaired) electrons. The van der Waals surface area contributed by atoms with Crippen molar-refractivity contribution >= 4 is 28.2 Å². The zero-order chi connectivity index (χ0) is 23.0. The largest absolute Gasteiger partial charge is 0.493 e. The van der Waals surface area contributed by atoms with Crippen LogP contribution in [-0.2, 0) is 16.7 Å². The number of nitrogens with one attached hydrogen (secondary N) is 2. The number of carbonyl (C=O) groups is 2. The van der Waals surface area contributed by atoms with Crippen LogP contribution in [0.4, 0.5) is 5.00 Å². The number of hydrogen-bond donors (Lipinski definition) is 2. The highest BCUT2D eigenvalue weighted by Gasteiger charge is 2.42. The molecule has 1 amide bonds. The highest BCUT2D eigenvalue weighted by Crippen LogP contribution is 2.45. The van der Waals surface area contributed by atoms with Crippen molar-refractivity contribution in [3.63, 3.8) is 0 Å². The first-order chi connectivity index (χ1) is 14.5. The van der Waals surface area contributed by atoms with Gasteiger partial charge in [-0.05, 0) is 64.8 Å². The van der Waals surface area contributed by atoms with Crippen LogP contribution < -0.4 is 20.1 Å². The Bertz CT molecular complexity index is 1010. The molecule has 7 nitrogen and oxygen atoms in total. The molecule has 0 fully saturated rings. The van der Waals surface area contributed by atoms with E-state index in [1.165, 1.54) is 25.6 Å². The molecule has 0 bridgehead atoms. The summed E-state index contributed by atoms with van der Waals surface area (Å²) in [7, 11) is 3.05. The highest BCUT2D eigenvalue weighted by molar-refractivity contribution is 7.17. The normalized spacial score (nSPS) is 16.2. The van der Waals surface area contributed by atoms with Crippen molar-refractivity contribution in [3.05, 3.63) is 39.8 Å². The van der Waals surface area contributed by atoms with E-state index in [9.17, 15) is 9.59 Å². The number of thiophene rings is 1. The number of fused-ring (bicyclic) bond motifs is 1. The molecule has 0 saturated heterocycles. The minimum absolute atomic E-state index is 0.205. The van der Waals surface area contributed by atoms with Gasteiger partial charge in [-0.2, -0.15) is 0 Å². The van der Waals surface area contributed by atoms with Crippen LogP contribution >= 0.6 is 11.3 Å². The number of hydrogen-bond acceptors (Lipinski definition) is 7. The highest BCUT2D eigenvalue weighted by atomic mass is 32.1. The van der Waals surface area contributed by atoms with Crippen LogP contribution in [0.25, 0.3) is 0 Å². The zero-order valence-electron chi connectivity index (χ0n) is 19.1. The summed E-state index contributed by atoms with van der Waals surface area (Å²) in [6, 6.07) is 4.94. The molecule has 0 saturated carbocycles. The number of esters is 1. The molecule has 0 spiro atoms. The van der Waals surface area contributed by atoms with Gasteiger partial charge in [0.2, 0.25) is 0 Å². The summed E-state index contributed by atoms with van der Waals surface area (Å²) in [4.78, 5) is 27.0. The van der Waals surface area contributed by atoms with E-state index in [1.807, 2.05) is 0 Å². The Morgan fingerprint density at radius 2 is 1.81 bits per heavy atom. The predicted molar refractivity (Wildman–Crippen MR) is 122 cm³/mol. The van der Waals surface area contributed by atoms with Crippen LogP contribution in [0.15, 0.2) is 18.2 Å². The van der Waals surface area contributed by atoms with E-state index in [1.54, 1.807) is 25.1 Å². The molecule has 2 aromatic rings. The maximum atomic E-state index is 13.0. The van der Waals surface area contributed by atoms with E-state index >= 15 is 0 Å². The maximum absolute atomic E-state index is 13.0. The van der Waals surface area contributed by atoms with Crippen molar-refractivity contribution in [2.45, 2.75) is 52.1 Å². The van der Waals surface area contributed by atoms with Gasteiger partial charge in [0.15, 0.2) is 11.5 Å². The monoisotopic (exact) mass is 446 g/mol. The standard InChI is InChI=1S/C23H30N2O5S/c1-8-30-21(27)17-14-12-22(2,3)25-23(4,5)18(14)31-20(17)24-19(26)13-9-10-15(28-6)16(11-13)29-7/h9-11,25H,8,12H2,1-7H3,(H,24,26). The van der Waals surface area contributed by atoms with Gasteiger partial charge in [-0.15, -0.1) is 11.3 Å². The van der Waals surface area contributed by atoms with E-state index < -0.39 is 5.97 Å². The van der Waals surface area contributed by atoms with Gasteiger partial charge in [0, 0.05) is 21.5 Å². The molecule has 3 rings (SSSR count). The Hall–Kier alpha value is -2.58. The molecule has 31 heavy (non-hydrogen) atoms. The van der Waals surface area contributed by atoms with Crippen LogP contribution in [0, 0.1) is 0 Å². The summed E-state index contributed by atoms with van der Waals surface area (Å²) in [5, 5.41) is 7.06. The first-order valence-electron chi connectivity index (χ1n) is 10.2. The van der Waals surface area contributed by atoms with Crippen molar-refractivity contribution in [2.24, 2.45) is 0 Å². The Morgan fingerprint density at radius 3 is 2.42 bits per heavy atom. The van der Waals surface area contributed by atoms with Gasteiger partial charge in [-0.25, -0.2) is 4.79 Å². The van der Waals surface area contributed by atoms with Crippen molar-refractivity contribution in [2.75, 3.05) is 26.1 Å². The van der Waals surface area contributed by atoms with Gasteiger partial charge in [0.1, 0.15) is 5.00 Å². The molecular formula is C23H30N2O5S. The van der Waals surface area contributed by atoms with E-state index in [0.29, 0.717) is 34.0 Å². The summed E-state index contributed by atoms with van der Waals surface area (Å²) in [6.07, 6.45) is 0.655. The summed E-state index contributed by atoms with van der Waals surface area (Å²) in [5.74, 6) is 0.234. The fourth-order valence-corrected chi connectivity index (χ4v) is 5.45. The van der Waals surface area contributed by atoms with Gasteiger partial charge >= 0.3 is 5.97 Å². The number of amides is 1. The molecule has 0 atom stereocenters. The Morgan fingerprint density at radius 1 is 1.13 bits per heavy atom. The molecule has 168 valence electrons. The van der Waals surface area contributed by atoms with E-state index in [2.05, 4.69) is 38.3 Å². The fraction of sp³-hybridized carbons (Fsp3) is 0.478. The van der Waals surface area contributed by atoms with Crippen molar-refractivity contribution in [3.8, 4) is 11.5 Å². The van der Waals surface area contributed by atoms with Gasteiger partial charge < -0.3 is 24.8 Å². The molecule has 0 aliphatic carbocycles. The molecule has 2 N–H and O–H groups in total. The lowest BCUT2D eigenvalue weighted by Crippen LogP contribution is -2.55. The Kier molecular flexibility index (Phi) is 6.34. The maximum Gasteiger partial charge on any atom is 0.341 e. The van der Waals surface area contributed by atoms with Crippen LogP contribution in [-0.4, -0.2) is 38.2 Å². The number of rotatable bonds is 6. The van der Waals surface area contributed by atoms with Gasteiger partial charge in [-0.1, -0.05) is 0 Å². The molecule has 0 unspecified atom stereocenters. The molecule has 2 heterocycles. The lowest BCUT2D eigenvalue weighted by Gasteiger charge is -2.42. The third-order valence-corrected chi connectivity index (χ3v) is 6.67. The van der Waals surface area contributed by atoms with Crippen LogP contribution in [0.3, 0.4) is 0 Å². The number of ether oxygens (including phenoxy) is 3. The molecular weight excluding hydrogens is 416 g/mol. The second kappa shape index (κ2) is 8.51. The third kappa shape index (κ3) is 4.55. The molecule has 1 aliphatic heterocycles. The van der Waals surface area contributed by atoms with Crippen LogP contribution in [0.1, 0.15) is 65.8 Å². The summed E-state index contributed by atoms with van der Waals surface area (Å²) < 4.78 is 15.9. The number of carbonyl (C=O) groups excluding carboxylic acids is 2. The second-order valence-corrected chi connectivity index (χ2v) is 9.69. The minimum Gasteiger partial charge on any atom is -0.493 e. The number of anilines is 1. The van der Waals surface area contributed by atoms with Gasteiger partial charge in [0.25, 0.3) is 5.91 Å². The van der Waals surface area contributed by atoms with E-state index in [-0.39, 0.29) is 23.6 Å². The van der Waals surface area contributed by atoms with Gasteiger partial charge in [0.05, 0.1) is 26.4 Å². The summed E-state index contributed by atoms with van der Waals surface area (Å²) in [5.41, 5.74) is 1.22. The first-order valence-corrected chi connectivity index (χ1v) is 11.0. The minimum atomic E-state index is -0.420. The number of benzene rings is 1.